The lowest BCUT2D eigenvalue weighted by Crippen LogP contribution is -2.48. The molecule has 1 aromatic rings. The second-order valence-corrected chi connectivity index (χ2v) is 7.95. The summed E-state index contributed by atoms with van der Waals surface area (Å²) in [5.74, 6) is 0.209. The van der Waals surface area contributed by atoms with Crippen molar-refractivity contribution in [3.05, 3.63) is 33.3 Å². The Morgan fingerprint density at radius 1 is 1.19 bits per heavy atom. The number of urea groups is 1. The van der Waals surface area contributed by atoms with Crippen LogP contribution in [0.2, 0.25) is 5.02 Å². The lowest BCUT2D eigenvalue weighted by molar-refractivity contribution is -0.131. The molecule has 2 aliphatic rings. The first-order valence-corrected chi connectivity index (χ1v) is 9.69. The summed E-state index contributed by atoms with van der Waals surface area (Å²) in [6, 6.07) is 4.35. The van der Waals surface area contributed by atoms with Crippen molar-refractivity contribution in [3.8, 4) is 0 Å². The number of carbonyl (C=O) groups excluding carboxylic acids is 3. The summed E-state index contributed by atoms with van der Waals surface area (Å²) in [6.07, 6.45) is 2.88. The van der Waals surface area contributed by atoms with Gasteiger partial charge in [0.1, 0.15) is 0 Å². The number of hydrogen-bond acceptors (Lipinski definition) is 3. The third kappa shape index (κ3) is 4.88. The number of carbonyl (C=O) groups is 3. The molecule has 3 N–H and O–H groups in total. The molecule has 0 bridgehead atoms. The van der Waals surface area contributed by atoms with E-state index in [9.17, 15) is 14.4 Å². The van der Waals surface area contributed by atoms with E-state index in [2.05, 4.69) is 32.1 Å². The number of nitrogens with one attached hydrogen (secondary N) is 3. The first-order valence-electron chi connectivity index (χ1n) is 8.52. The highest BCUT2D eigenvalue weighted by atomic mass is 79.9. The van der Waals surface area contributed by atoms with Crippen LogP contribution in [-0.2, 0) is 4.79 Å². The van der Waals surface area contributed by atoms with E-state index in [-0.39, 0.29) is 28.3 Å². The van der Waals surface area contributed by atoms with Gasteiger partial charge in [-0.15, -0.1) is 0 Å². The molecule has 2 fully saturated rings. The normalized spacial score (nSPS) is 19.2. The van der Waals surface area contributed by atoms with Gasteiger partial charge < -0.3 is 10.2 Å². The minimum atomic E-state index is -0.501. The molecule has 0 radical (unpaired) electrons. The topological polar surface area (TPSA) is 90.5 Å². The zero-order valence-electron chi connectivity index (χ0n) is 14.1. The van der Waals surface area contributed by atoms with Gasteiger partial charge in [-0.1, -0.05) is 27.5 Å². The number of hydrazine groups is 1. The van der Waals surface area contributed by atoms with E-state index in [0.29, 0.717) is 13.1 Å². The van der Waals surface area contributed by atoms with Crippen LogP contribution in [-0.4, -0.2) is 42.4 Å². The highest BCUT2D eigenvalue weighted by Crippen LogP contribution is 2.32. The van der Waals surface area contributed by atoms with Gasteiger partial charge in [0.05, 0.1) is 10.6 Å². The molecule has 7 nitrogen and oxygen atoms in total. The van der Waals surface area contributed by atoms with Crippen molar-refractivity contribution >= 4 is 45.4 Å². The fraction of sp³-hybridized carbons (Fsp3) is 0.471. The Hall–Kier alpha value is -1.80. The van der Waals surface area contributed by atoms with Gasteiger partial charge in [-0.05, 0) is 43.4 Å². The number of hydrogen-bond donors (Lipinski definition) is 3. The maximum absolute atomic E-state index is 12.0. The summed E-state index contributed by atoms with van der Waals surface area (Å²) < 4.78 is 0.760. The lowest BCUT2D eigenvalue weighted by Gasteiger charge is -2.16. The third-order valence-corrected chi connectivity index (χ3v) is 5.35. The third-order valence-electron chi connectivity index (χ3n) is 4.54. The Labute approximate surface area is 164 Å². The van der Waals surface area contributed by atoms with Crippen molar-refractivity contribution in [2.24, 2.45) is 11.8 Å². The second-order valence-electron chi connectivity index (χ2n) is 6.63. The number of halogens is 2. The lowest BCUT2D eigenvalue weighted by atomic mass is 10.1. The van der Waals surface area contributed by atoms with Crippen LogP contribution in [0.4, 0.5) is 4.79 Å². The molecule has 9 heteroatoms. The van der Waals surface area contributed by atoms with Crippen LogP contribution in [0.1, 0.15) is 29.6 Å². The first kappa shape index (κ1) is 19.0. The minimum absolute atomic E-state index is 0.227. The molecule has 1 aromatic carbocycles. The van der Waals surface area contributed by atoms with Crippen LogP contribution in [0, 0.1) is 11.8 Å². The molecule has 4 amide bonds. The largest absolute Gasteiger partial charge is 0.342 e. The summed E-state index contributed by atoms with van der Waals surface area (Å²) in [4.78, 5) is 37.8. The molecule has 1 unspecified atom stereocenters. The van der Waals surface area contributed by atoms with Gasteiger partial charge in [0, 0.05) is 30.0 Å². The number of benzene rings is 1. The maximum Gasteiger partial charge on any atom is 0.333 e. The molecule has 26 heavy (non-hydrogen) atoms. The quantitative estimate of drug-likeness (QED) is 0.624. The molecule has 1 heterocycles. The molecule has 1 saturated carbocycles. The summed E-state index contributed by atoms with van der Waals surface area (Å²) >= 11 is 9.27. The van der Waals surface area contributed by atoms with Crippen LogP contribution < -0.4 is 16.2 Å². The number of likely N-dealkylation sites (tertiary alicyclic amines) is 1. The predicted octanol–water partition coefficient (Wildman–Crippen LogP) is 2.30. The average molecular weight is 444 g/mol. The van der Waals surface area contributed by atoms with Crippen molar-refractivity contribution in [1.82, 2.24) is 21.1 Å². The molecule has 0 aromatic heterocycles. The van der Waals surface area contributed by atoms with Gasteiger partial charge in [-0.25, -0.2) is 10.2 Å². The van der Waals surface area contributed by atoms with Crippen LogP contribution in [0.15, 0.2) is 22.7 Å². The minimum Gasteiger partial charge on any atom is -0.342 e. The first-order chi connectivity index (χ1) is 12.4. The van der Waals surface area contributed by atoms with E-state index in [4.69, 9.17) is 11.6 Å². The van der Waals surface area contributed by atoms with Crippen LogP contribution in [0.3, 0.4) is 0 Å². The summed E-state index contributed by atoms with van der Waals surface area (Å²) in [7, 11) is 0. The van der Waals surface area contributed by atoms with Gasteiger partial charge in [-0.2, -0.15) is 0 Å². The van der Waals surface area contributed by atoms with Gasteiger partial charge in [-0.3, -0.25) is 15.0 Å². The fourth-order valence-corrected chi connectivity index (χ4v) is 3.68. The number of amides is 4. The summed E-state index contributed by atoms with van der Waals surface area (Å²) in [5.41, 5.74) is 4.89. The van der Waals surface area contributed by atoms with Gasteiger partial charge >= 0.3 is 6.03 Å². The Morgan fingerprint density at radius 3 is 2.65 bits per heavy atom. The zero-order valence-corrected chi connectivity index (χ0v) is 16.4. The smallest absolute Gasteiger partial charge is 0.333 e. The molecule has 1 aliphatic carbocycles. The standard InChI is InChI=1S/C17H20BrClN4O3/c18-12-3-4-13(14(19)7-12)15(24)21-22-17(26)20-8-10-5-6-23(9-10)16(25)11-1-2-11/h3-4,7,10-11H,1-2,5-6,8-9H2,(H,21,24)(H2,20,22,26). The van der Waals surface area contributed by atoms with E-state index >= 15 is 0 Å². The highest BCUT2D eigenvalue weighted by Gasteiger charge is 2.36. The van der Waals surface area contributed by atoms with E-state index in [1.807, 2.05) is 4.90 Å². The Morgan fingerprint density at radius 2 is 1.96 bits per heavy atom. The summed E-state index contributed by atoms with van der Waals surface area (Å²) in [5, 5.41) is 3.00. The fourth-order valence-electron chi connectivity index (χ4n) is 2.92. The molecule has 3 rings (SSSR count). The zero-order chi connectivity index (χ0) is 18.7. The second kappa shape index (κ2) is 8.26. The van der Waals surface area contributed by atoms with Crippen molar-refractivity contribution < 1.29 is 14.4 Å². The van der Waals surface area contributed by atoms with Gasteiger partial charge in [0.15, 0.2) is 0 Å². The van der Waals surface area contributed by atoms with Gasteiger partial charge in [0.25, 0.3) is 5.91 Å². The molecule has 140 valence electrons. The maximum atomic E-state index is 12.0. The van der Waals surface area contributed by atoms with E-state index in [1.165, 1.54) is 0 Å². The monoisotopic (exact) mass is 442 g/mol. The molecule has 0 spiro atoms. The Balaban J connectivity index is 1.38. The van der Waals surface area contributed by atoms with Gasteiger partial charge in [0.2, 0.25) is 5.91 Å². The van der Waals surface area contributed by atoms with Crippen LogP contribution in [0.25, 0.3) is 0 Å². The molecule has 1 aliphatic heterocycles. The highest BCUT2D eigenvalue weighted by molar-refractivity contribution is 9.10. The van der Waals surface area contributed by atoms with Crippen LogP contribution >= 0.6 is 27.5 Å². The molecule has 1 atom stereocenters. The Kier molecular flexibility index (Phi) is 6.03. The summed E-state index contributed by atoms with van der Waals surface area (Å²) in [6.45, 7) is 1.88. The van der Waals surface area contributed by atoms with Crippen molar-refractivity contribution in [2.45, 2.75) is 19.3 Å². The van der Waals surface area contributed by atoms with Crippen molar-refractivity contribution in [1.29, 1.82) is 0 Å². The predicted molar refractivity (Wildman–Crippen MR) is 101 cm³/mol. The molecular formula is C17H20BrClN4O3. The van der Waals surface area contributed by atoms with Crippen molar-refractivity contribution in [3.63, 3.8) is 0 Å². The van der Waals surface area contributed by atoms with Crippen molar-refractivity contribution in [2.75, 3.05) is 19.6 Å². The molecule has 1 saturated heterocycles. The number of rotatable bonds is 4. The van der Waals surface area contributed by atoms with E-state index in [0.717, 1.165) is 30.3 Å². The van der Waals surface area contributed by atoms with E-state index < -0.39 is 11.9 Å². The molecular weight excluding hydrogens is 424 g/mol. The number of nitrogens with zero attached hydrogens (tertiary/aromatic N) is 1. The van der Waals surface area contributed by atoms with Crippen LogP contribution in [0.5, 0.6) is 0 Å². The SMILES string of the molecule is O=C(NCC1CCN(C(=O)C2CC2)C1)NNC(=O)c1ccc(Br)cc1Cl. The Bertz CT molecular complexity index is 726. The average Bonchev–Trinajstić information content (AvgIpc) is 3.35. The van der Waals surface area contributed by atoms with E-state index in [1.54, 1.807) is 18.2 Å².